The van der Waals surface area contributed by atoms with Crippen molar-refractivity contribution in [1.82, 2.24) is 0 Å². The Morgan fingerprint density at radius 2 is 1.92 bits per heavy atom. The summed E-state index contributed by atoms with van der Waals surface area (Å²) in [7, 11) is 0. The zero-order chi connectivity index (χ0) is 26.7. The van der Waals surface area contributed by atoms with Crippen molar-refractivity contribution < 1.29 is 28.6 Å². The molecule has 7 heteroatoms. The number of Topliss-reactive ketones (excluding diaryl/α,β-unsaturated/α-hetero) is 1. The van der Waals surface area contributed by atoms with Gasteiger partial charge in [-0.2, -0.15) is 0 Å². The maximum Gasteiger partial charge on any atom is 0.411 e. The molecule has 202 valence electrons. The zero-order valence-corrected chi connectivity index (χ0v) is 22.4. The van der Waals surface area contributed by atoms with Gasteiger partial charge in [-0.05, 0) is 79.1 Å². The first-order valence-corrected chi connectivity index (χ1v) is 13.9. The monoisotopic (exact) mass is 519 g/mol. The fraction of sp³-hybridized carbons (Fsp3) is 0.581. The molecule has 3 fully saturated rings. The van der Waals surface area contributed by atoms with E-state index in [0.29, 0.717) is 37.7 Å². The molecule has 0 unspecified atom stereocenters. The van der Waals surface area contributed by atoms with Crippen molar-refractivity contribution in [2.75, 3.05) is 18.5 Å². The number of rotatable bonds is 4. The maximum atomic E-state index is 13.4. The van der Waals surface area contributed by atoms with Gasteiger partial charge in [-0.1, -0.05) is 38.1 Å². The highest BCUT2D eigenvalue weighted by molar-refractivity contribution is 5.92. The van der Waals surface area contributed by atoms with Crippen molar-refractivity contribution in [3.63, 3.8) is 0 Å². The van der Waals surface area contributed by atoms with E-state index in [9.17, 15) is 14.4 Å². The molecular formula is C31H37NO6. The Morgan fingerprint density at radius 3 is 2.68 bits per heavy atom. The molecule has 1 heterocycles. The van der Waals surface area contributed by atoms with Gasteiger partial charge in [0, 0.05) is 29.5 Å². The maximum absolute atomic E-state index is 13.4. The van der Waals surface area contributed by atoms with E-state index in [4.69, 9.17) is 14.2 Å². The summed E-state index contributed by atoms with van der Waals surface area (Å²) >= 11 is 0. The molecule has 1 amide bonds. The van der Waals surface area contributed by atoms with Crippen LogP contribution < -0.4 is 5.32 Å². The zero-order valence-electron chi connectivity index (χ0n) is 22.4. The van der Waals surface area contributed by atoms with Gasteiger partial charge in [0.25, 0.3) is 0 Å². The van der Waals surface area contributed by atoms with Crippen LogP contribution in [0.4, 0.5) is 10.5 Å². The lowest BCUT2D eigenvalue weighted by atomic mass is 9.47. The molecule has 5 aliphatic rings. The number of ether oxygens (including phenoxy) is 3. The minimum atomic E-state index is -0.505. The van der Waals surface area contributed by atoms with E-state index in [1.54, 1.807) is 13.0 Å². The van der Waals surface area contributed by atoms with Crippen molar-refractivity contribution in [3.05, 3.63) is 53.6 Å². The molecule has 1 N–H and O–H groups in total. The molecule has 0 bridgehead atoms. The van der Waals surface area contributed by atoms with Crippen LogP contribution in [0.5, 0.6) is 0 Å². The minimum absolute atomic E-state index is 0.0308. The van der Waals surface area contributed by atoms with Crippen LogP contribution in [0, 0.1) is 34.5 Å². The molecular weight excluding hydrogens is 482 g/mol. The number of amides is 1. The van der Waals surface area contributed by atoms with Crippen LogP contribution in [0.1, 0.15) is 64.7 Å². The Hall–Kier alpha value is -2.77. The SMILES string of the molecule is CC(=O)[C@H]1CC[C@H]2[C@@H]3C=CC4=CC(=O)CC[C@@]4(C)[C@@H]3[C@@H](OC(=O)Nc3cccc(C4OCCO4)c3)C[C@]12C. The quantitative estimate of drug-likeness (QED) is 0.543. The van der Waals surface area contributed by atoms with Crippen LogP contribution in [0.25, 0.3) is 0 Å². The smallest absolute Gasteiger partial charge is 0.411 e. The lowest BCUT2D eigenvalue weighted by molar-refractivity contribution is -0.134. The highest BCUT2D eigenvalue weighted by Gasteiger charge is 2.63. The highest BCUT2D eigenvalue weighted by atomic mass is 16.7. The summed E-state index contributed by atoms with van der Waals surface area (Å²) in [5.41, 5.74) is 2.00. The van der Waals surface area contributed by atoms with E-state index >= 15 is 0 Å². The fourth-order valence-electron chi connectivity index (χ4n) is 8.47. The Kier molecular flexibility index (Phi) is 6.35. The van der Waals surface area contributed by atoms with Crippen LogP contribution >= 0.6 is 0 Å². The number of benzene rings is 1. The van der Waals surface area contributed by atoms with Crippen molar-refractivity contribution in [2.24, 2.45) is 34.5 Å². The third-order valence-corrected chi connectivity index (χ3v) is 10.2. The van der Waals surface area contributed by atoms with E-state index < -0.39 is 12.4 Å². The Labute approximate surface area is 224 Å². The minimum Gasteiger partial charge on any atom is -0.446 e. The first-order chi connectivity index (χ1) is 18.2. The third kappa shape index (κ3) is 4.15. The second-order valence-corrected chi connectivity index (χ2v) is 12.3. The summed E-state index contributed by atoms with van der Waals surface area (Å²) < 4.78 is 17.5. The number of nitrogens with one attached hydrogen (secondary N) is 1. The first kappa shape index (κ1) is 25.5. The van der Waals surface area contributed by atoms with Crippen molar-refractivity contribution >= 4 is 23.3 Å². The van der Waals surface area contributed by atoms with Gasteiger partial charge in [-0.15, -0.1) is 0 Å². The Balaban J connectivity index is 1.30. The van der Waals surface area contributed by atoms with Crippen molar-refractivity contribution in [2.45, 2.75) is 65.3 Å². The van der Waals surface area contributed by atoms with Gasteiger partial charge >= 0.3 is 6.09 Å². The molecule has 1 aromatic rings. The van der Waals surface area contributed by atoms with Crippen LogP contribution in [0.15, 0.2) is 48.1 Å². The Morgan fingerprint density at radius 1 is 1.13 bits per heavy atom. The molecule has 7 atom stereocenters. The van der Waals surface area contributed by atoms with Gasteiger partial charge < -0.3 is 14.2 Å². The molecule has 0 radical (unpaired) electrons. The van der Waals surface area contributed by atoms with Crippen molar-refractivity contribution in [1.29, 1.82) is 0 Å². The molecule has 7 nitrogen and oxygen atoms in total. The predicted octanol–water partition coefficient (Wildman–Crippen LogP) is 5.77. The highest BCUT2D eigenvalue weighted by Crippen LogP contribution is 2.65. The van der Waals surface area contributed by atoms with Gasteiger partial charge in [0.2, 0.25) is 0 Å². The predicted molar refractivity (Wildman–Crippen MR) is 141 cm³/mol. The number of allylic oxidation sites excluding steroid dienone is 4. The summed E-state index contributed by atoms with van der Waals surface area (Å²) in [6.07, 6.45) is 8.60. The largest absolute Gasteiger partial charge is 0.446 e. The molecule has 1 aromatic carbocycles. The molecule has 2 saturated carbocycles. The lowest BCUT2D eigenvalue weighted by Gasteiger charge is -2.58. The average molecular weight is 520 g/mol. The van der Waals surface area contributed by atoms with Gasteiger partial charge in [0.05, 0.1) is 13.2 Å². The standard InChI is InChI=1S/C31H37NO6/c1-18(33)24-9-10-25-23-8-7-20-16-22(34)11-12-30(20,2)27(23)26(17-31(24,25)3)38-29(35)32-21-6-4-5-19(15-21)28-36-13-14-37-28/h4-8,15-16,23-28H,9-14,17H2,1-3H3,(H,32,35)/t23-,24+,25-,26-,27-,30+,31+/m0/s1. The molecule has 0 aromatic heterocycles. The molecule has 4 aliphatic carbocycles. The molecule has 1 aliphatic heterocycles. The second kappa shape index (κ2) is 9.45. The van der Waals surface area contributed by atoms with Gasteiger partial charge in [0.15, 0.2) is 12.1 Å². The van der Waals surface area contributed by atoms with Crippen molar-refractivity contribution in [3.8, 4) is 0 Å². The second-order valence-electron chi connectivity index (χ2n) is 12.3. The average Bonchev–Trinajstić information content (AvgIpc) is 3.52. The normalized spacial score (nSPS) is 38.1. The van der Waals surface area contributed by atoms with Crippen LogP contribution in [0.2, 0.25) is 0 Å². The number of hydrogen-bond acceptors (Lipinski definition) is 6. The molecule has 6 rings (SSSR count). The summed E-state index contributed by atoms with van der Waals surface area (Å²) in [4.78, 5) is 38.4. The lowest BCUT2D eigenvalue weighted by Crippen LogP contribution is -2.57. The van der Waals surface area contributed by atoms with Gasteiger partial charge in [0.1, 0.15) is 11.9 Å². The summed E-state index contributed by atoms with van der Waals surface area (Å²) in [5, 5.41) is 2.92. The van der Waals surface area contributed by atoms with Gasteiger partial charge in [-0.25, -0.2) is 4.79 Å². The number of carbonyl (C=O) groups is 3. The number of hydrogen-bond donors (Lipinski definition) is 1. The summed E-state index contributed by atoms with van der Waals surface area (Å²) in [6, 6.07) is 7.44. The van der Waals surface area contributed by atoms with Gasteiger partial charge in [-0.3, -0.25) is 14.9 Å². The van der Waals surface area contributed by atoms with Crippen LogP contribution in [0.3, 0.4) is 0 Å². The molecule has 38 heavy (non-hydrogen) atoms. The topological polar surface area (TPSA) is 90.9 Å². The molecule has 1 saturated heterocycles. The van der Waals surface area contributed by atoms with E-state index in [2.05, 4.69) is 31.3 Å². The summed E-state index contributed by atoms with van der Waals surface area (Å²) in [5.74, 6) is 0.930. The van der Waals surface area contributed by atoms with Crippen LogP contribution in [-0.2, 0) is 23.8 Å². The Bertz CT molecular complexity index is 1210. The number of fused-ring (bicyclic) bond motifs is 5. The van der Waals surface area contributed by atoms with Crippen LogP contribution in [-0.4, -0.2) is 37.0 Å². The molecule has 0 spiro atoms. The van der Waals surface area contributed by atoms with E-state index in [-0.39, 0.29) is 46.3 Å². The van der Waals surface area contributed by atoms with E-state index in [1.165, 1.54) is 0 Å². The number of anilines is 1. The van der Waals surface area contributed by atoms with E-state index in [0.717, 1.165) is 30.4 Å². The third-order valence-electron chi connectivity index (χ3n) is 10.2. The summed E-state index contributed by atoms with van der Waals surface area (Å²) in [6.45, 7) is 7.24. The number of ketones is 2. The van der Waals surface area contributed by atoms with E-state index in [1.807, 2.05) is 24.3 Å². The fourth-order valence-corrected chi connectivity index (χ4v) is 8.47. The first-order valence-electron chi connectivity index (χ1n) is 13.9. The number of carbonyl (C=O) groups excluding carboxylic acids is 3.